The summed E-state index contributed by atoms with van der Waals surface area (Å²) in [5.41, 5.74) is 0.831. The minimum absolute atomic E-state index is 0.124. The quantitative estimate of drug-likeness (QED) is 0.627. The van der Waals surface area contributed by atoms with Gasteiger partial charge in [-0.2, -0.15) is 0 Å². The van der Waals surface area contributed by atoms with Gasteiger partial charge in [-0.3, -0.25) is 19.9 Å². The van der Waals surface area contributed by atoms with Crippen LogP contribution in [0.25, 0.3) is 0 Å². The first kappa shape index (κ1) is 15.9. The minimum Gasteiger partial charge on any atom is -0.341 e. The monoisotopic (exact) mass is 319 g/mol. The van der Waals surface area contributed by atoms with Gasteiger partial charge in [0.25, 0.3) is 11.6 Å². The number of hydrogen-bond donors (Lipinski definition) is 0. The zero-order chi connectivity index (χ0) is 16.1. The second-order valence-electron chi connectivity index (χ2n) is 4.72. The summed E-state index contributed by atoms with van der Waals surface area (Å²) in [6.07, 6.45) is 2.28. The maximum absolute atomic E-state index is 12.4. The van der Waals surface area contributed by atoms with Gasteiger partial charge in [0, 0.05) is 44.0 Å². The predicted molar refractivity (Wildman–Crippen MR) is 83.0 cm³/mol. The van der Waals surface area contributed by atoms with Gasteiger partial charge >= 0.3 is 0 Å². The topological polar surface area (TPSA) is 76.3 Å². The number of carbonyl (C=O) groups is 1. The van der Waals surface area contributed by atoms with Crippen LogP contribution in [-0.4, -0.2) is 34.3 Å². The molecule has 0 aliphatic carbocycles. The first-order valence-corrected chi connectivity index (χ1v) is 6.96. The highest BCUT2D eigenvalue weighted by molar-refractivity contribution is 6.33. The highest BCUT2D eigenvalue weighted by Gasteiger charge is 2.19. The molecule has 1 heterocycles. The molecule has 0 spiro atoms. The van der Waals surface area contributed by atoms with Gasteiger partial charge in [-0.05, 0) is 18.2 Å². The predicted octanol–water partition coefficient (Wildman–Crippen LogP) is 2.96. The number of nitro groups is 1. The zero-order valence-electron chi connectivity index (χ0n) is 11.9. The summed E-state index contributed by atoms with van der Waals surface area (Å²) in [5, 5.41) is 11.0. The third kappa shape index (κ3) is 3.79. The molecule has 6 nitrogen and oxygen atoms in total. The van der Waals surface area contributed by atoms with Gasteiger partial charge in [0.05, 0.1) is 15.5 Å². The van der Waals surface area contributed by atoms with E-state index in [4.69, 9.17) is 11.6 Å². The maximum Gasteiger partial charge on any atom is 0.270 e. The van der Waals surface area contributed by atoms with Gasteiger partial charge in [-0.15, -0.1) is 0 Å². The number of likely N-dealkylation sites (N-methyl/N-ethyl adjacent to an activating group) is 1. The van der Waals surface area contributed by atoms with E-state index in [1.54, 1.807) is 13.2 Å². The number of halogens is 1. The third-order valence-corrected chi connectivity index (χ3v) is 3.50. The van der Waals surface area contributed by atoms with Gasteiger partial charge in [0.15, 0.2) is 0 Å². The maximum atomic E-state index is 12.4. The number of nitrogens with zero attached hydrogens (tertiary/aromatic N) is 3. The van der Waals surface area contributed by atoms with Gasteiger partial charge in [-0.1, -0.05) is 17.7 Å². The second kappa shape index (κ2) is 7.00. The largest absolute Gasteiger partial charge is 0.341 e. The van der Waals surface area contributed by atoms with Gasteiger partial charge in [0.1, 0.15) is 0 Å². The Balaban J connectivity index is 2.10. The molecule has 0 radical (unpaired) electrons. The fraction of sp³-hybridized carbons (Fsp3) is 0.200. The Morgan fingerprint density at radius 3 is 2.77 bits per heavy atom. The Morgan fingerprint density at radius 1 is 1.36 bits per heavy atom. The van der Waals surface area contributed by atoms with Crippen LogP contribution < -0.4 is 0 Å². The molecule has 0 N–H and O–H groups in total. The second-order valence-corrected chi connectivity index (χ2v) is 5.13. The molecule has 0 aliphatic heterocycles. The highest BCUT2D eigenvalue weighted by Crippen LogP contribution is 2.23. The number of benzene rings is 1. The van der Waals surface area contributed by atoms with Crippen LogP contribution >= 0.6 is 11.6 Å². The van der Waals surface area contributed by atoms with Crippen molar-refractivity contribution in [3.8, 4) is 0 Å². The van der Waals surface area contributed by atoms with Crippen LogP contribution in [0.2, 0.25) is 5.02 Å². The van der Waals surface area contributed by atoms with E-state index >= 15 is 0 Å². The Morgan fingerprint density at radius 2 is 2.14 bits per heavy atom. The van der Waals surface area contributed by atoms with E-state index in [9.17, 15) is 14.9 Å². The molecule has 7 heteroatoms. The normalized spacial score (nSPS) is 10.3. The molecule has 1 amide bonds. The first-order chi connectivity index (χ1) is 10.5. The molecular weight excluding hydrogens is 306 g/mol. The van der Waals surface area contributed by atoms with Crippen molar-refractivity contribution in [1.82, 2.24) is 9.88 Å². The summed E-state index contributed by atoms with van der Waals surface area (Å²) in [4.78, 5) is 28.3. The number of carbonyl (C=O) groups excluding carboxylic acids is 1. The SMILES string of the molecule is CN(CCc1ccccn1)C(=O)c1cc([N+](=O)[O-])ccc1Cl. The van der Waals surface area contributed by atoms with E-state index in [0.29, 0.717) is 13.0 Å². The van der Waals surface area contributed by atoms with Gasteiger partial charge in [0.2, 0.25) is 0 Å². The van der Waals surface area contributed by atoms with Crippen LogP contribution in [0.3, 0.4) is 0 Å². The Kier molecular flexibility index (Phi) is 5.06. The van der Waals surface area contributed by atoms with Crippen LogP contribution in [-0.2, 0) is 6.42 Å². The smallest absolute Gasteiger partial charge is 0.270 e. The van der Waals surface area contributed by atoms with Crippen LogP contribution in [0.4, 0.5) is 5.69 Å². The summed E-state index contributed by atoms with van der Waals surface area (Å²) >= 11 is 5.97. The zero-order valence-corrected chi connectivity index (χ0v) is 12.7. The molecule has 2 rings (SSSR count). The average Bonchev–Trinajstić information content (AvgIpc) is 2.53. The van der Waals surface area contributed by atoms with Crippen LogP contribution in [0.15, 0.2) is 42.6 Å². The molecular formula is C15H14ClN3O3. The van der Waals surface area contributed by atoms with Crippen molar-refractivity contribution in [2.24, 2.45) is 0 Å². The summed E-state index contributed by atoms with van der Waals surface area (Å²) in [5.74, 6) is -0.357. The van der Waals surface area contributed by atoms with Crippen molar-refractivity contribution in [2.45, 2.75) is 6.42 Å². The lowest BCUT2D eigenvalue weighted by molar-refractivity contribution is -0.384. The lowest BCUT2D eigenvalue weighted by Crippen LogP contribution is -2.29. The molecule has 0 saturated heterocycles. The van der Waals surface area contributed by atoms with Crippen molar-refractivity contribution in [3.63, 3.8) is 0 Å². The molecule has 0 fully saturated rings. The molecule has 22 heavy (non-hydrogen) atoms. The molecule has 0 aliphatic rings. The Labute approximate surface area is 132 Å². The number of amides is 1. The van der Waals surface area contributed by atoms with Crippen molar-refractivity contribution in [1.29, 1.82) is 0 Å². The lowest BCUT2D eigenvalue weighted by Gasteiger charge is -2.17. The number of rotatable bonds is 5. The molecule has 1 aromatic heterocycles. The first-order valence-electron chi connectivity index (χ1n) is 6.58. The van der Waals surface area contributed by atoms with Crippen LogP contribution in [0.5, 0.6) is 0 Å². The number of non-ortho nitro benzene ring substituents is 1. The van der Waals surface area contributed by atoms with Crippen molar-refractivity contribution in [3.05, 3.63) is 69.0 Å². The van der Waals surface area contributed by atoms with E-state index in [1.165, 1.54) is 23.1 Å². The van der Waals surface area contributed by atoms with Crippen molar-refractivity contribution < 1.29 is 9.72 Å². The van der Waals surface area contributed by atoms with E-state index in [-0.39, 0.29) is 22.2 Å². The summed E-state index contributed by atoms with van der Waals surface area (Å²) in [6, 6.07) is 9.40. The molecule has 0 atom stereocenters. The molecule has 114 valence electrons. The van der Waals surface area contributed by atoms with E-state index in [2.05, 4.69) is 4.98 Å². The van der Waals surface area contributed by atoms with E-state index in [0.717, 1.165) is 5.69 Å². The standard InChI is InChI=1S/C15H14ClN3O3/c1-18(9-7-11-4-2-3-8-17-11)15(20)13-10-12(19(21)22)5-6-14(13)16/h2-6,8,10H,7,9H2,1H3. The van der Waals surface area contributed by atoms with Crippen molar-refractivity contribution in [2.75, 3.05) is 13.6 Å². The molecule has 0 saturated carbocycles. The van der Waals surface area contributed by atoms with E-state index in [1.807, 2.05) is 18.2 Å². The fourth-order valence-corrected chi connectivity index (χ4v) is 2.12. The van der Waals surface area contributed by atoms with E-state index < -0.39 is 4.92 Å². The summed E-state index contributed by atoms with van der Waals surface area (Å²) < 4.78 is 0. The highest BCUT2D eigenvalue weighted by atomic mass is 35.5. The van der Waals surface area contributed by atoms with Crippen LogP contribution in [0.1, 0.15) is 16.1 Å². The lowest BCUT2D eigenvalue weighted by atomic mass is 10.1. The molecule has 2 aromatic rings. The Hall–Kier alpha value is -2.47. The van der Waals surface area contributed by atoms with Crippen molar-refractivity contribution >= 4 is 23.2 Å². The number of nitro benzene ring substituents is 1. The number of hydrogen-bond acceptors (Lipinski definition) is 4. The Bertz CT molecular complexity index is 692. The molecule has 0 bridgehead atoms. The number of pyridine rings is 1. The fourth-order valence-electron chi connectivity index (χ4n) is 1.93. The third-order valence-electron chi connectivity index (χ3n) is 3.17. The summed E-state index contributed by atoms with van der Waals surface area (Å²) in [6.45, 7) is 0.439. The van der Waals surface area contributed by atoms with Crippen LogP contribution in [0, 0.1) is 10.1 Å². The average molecular weight is 320 g/mol. The molecule has 0 unspecified atom stereocenters. The molecule has 1 aromatic carbocycles. The minimum atomic E-state index is -0.555. The number of aromatic nitrogens is 1. The van der Waals surface area contributed by atoms with Gasteiger partial charge in [-0.25, -0.2) is 0 Å². The summed E-state index contributed by atoms with van der Waals surface area (Å²) in [7, 11) is 1.63. The van der Waals surface area contributed by atoms with Gasteiger partial charge < -0.3 is 4.90 Å².